The molecule has 0 spiro atoms. The maximum atomic E-state index is 11.3. The van der Waals surface area contributed by atoms with Crippen LogP contribution in [-0.4, -0.2) is 17.9 Å². The normalized spacial score (nSPS) is 9.25. The van der Waals surface area contributed by atoms with E-state index in [0.29, 0.717) is 23.0 Å². The minimum atomic E-state index is -0.278. The van der Waals surface area contributed by atoms with E-state index in [1.165, 1.54) is 7.05 Å². The summed E-state index contributed by atoms with van der Waals surface area (Å²) in [4.78, 5) is 15.3. The predicted molar refractivity (Wildman–Crippen MR) is 69.3 cm³/mol. The largest absolute Gasteiger partial charge is 1.00 e. The molecule has 0 aliphatic heterocycles. The average molecular weight is 356 g/mol. The minimum Gasteiger partial charge on any atom is -0.652 e. The summed E-state index contributed by atoms with van der Waals surface area (Å²) >= 11 is 0. The molecule has 0 saturated heterocycles. The zero-order chi connectivity index (χ0) is 13.8. The van der Waals surface area contributed by atoms with Crippen LogP contribution < -0.4 is 5.32 Å². The molecule has 1 aromatic heterocycles. The fraction of sp³-hybridized carbons (Fsp3) is 0.154. The Bertz CT molecular complexity index is 643. The van der Waals surface area contributed by atoms with Crippen molar-refractivity contribution in [1.29, 1.82) is 5.26 Å². The fourth-order valence-electron chi connectivity index (χ4n) is 1.54. The molecule has 0 saturated carbocycles. The number of amides is 1. The van der Waals surface area contributed by atoms with Gasteiger partial charge in [-0.3, -0.25) is 0 Å². The first-order valence-corrected chi connectivity index (χ1v) is 5.53. The summed E-state index contributed by atoms with van der Waals surface area (Å²) in [6.07, 6.45) is 0. The van der Waals surface area contributed by atoms with Crippen molar-refractivity contribution in [3.8, 4) is 6.07 Å². The van der Waals surface area contributed by atoms with Crippen molar-refractivity contribution in [2.45, 2.75) is 6.92 Å². The van der Waals surface area contributed by atoms with Gasteiger partial charge in [0, 0.05) is 12.6 Å². The molecule has 0 bridgehead atoms. The molecule has 0 atom stereocenters. The number of carbonyl (C=O) groups is 1. The van der Waals surface area contributed by atoms with Crippen molar-refractivity contribution in [2.24, 2.45) is 0 Å². The van der Waals surface area contributed by atoms with Crippen molar-refractivity contribution >= 4 is 17.5 Å². The number of nitrogens with one attached hydrogen (secondary N) is 1. The molecule has 2 rings (SSSR count). The molecule has 103 valence electrons. The quantitative estimate of drug-likeness (QED) is 0.854. The van der Waals surface area contributed by atoms with Crippen molar-refractivity contribution in [1.82, 2.24) is 4.98 Å². The summed E-state index contributed by atoms with van der Waals surface area (Å²) in [5, 5.41) is 15.4. The number of carbonyl (C=O) groups excluding carboxylic acids is 1. The first kappa shape index (κ1) is 15.9. The Morgan fingerprint density at radius 1 is 1.40 bits per heavy atom. The van der Waals surface area contributed by atoms with Gasteiger partial charge in [-0.25, -0.2) is 4.98 Å². The van der Waals surface area contributed by atoms with Gasteiger partial charge in [-0.05, 0) is 17.7 Å². The van der Waals surface area contributed by atoms with E-state index in [2.05, 4.69) is 15.6 Å². The molecule has 7 heteroatoms. The van der Waals surface area contributed by atoms with Gasteiger partial charge >= 0.3 is 19.5 Å². The first-order valence-electron chi connectivity index (χ1n) is 5.53. The number of aryl methyl sites for hydroxylation is 1. The average Bonchev–Trinajstić information content (AvgIpc) is 2.78. The molecule has 0 unspecified atom stereocenters. The van der Waals surface area contributed by atoms with Crippen LogP contribution in [0.25, 0.3) is 5.32 Å². The minimum absolute atomic E-state index is 0. The van der Waals surface area contributed by atoms with Crippen molar-refractivity contribution in [3.05, 3.63) is 46.7 Å². The molecule has 1 aromatic carbocycles. The van der Waals surface area contributed by atoms with Crippen molar-refractivity contribution < 1.29 is 28.7 Å². The predicted octanol–water partition coefficient (Wildman–Crippen LogP) is 2.74. The summed E-state index contributed by atoms with van der Waals surface area (Å²) in [6.45, 7) is 1.66. The third-order valence-electron chi connectivity index (χ3n) is 2.43. The summed E-state index contributed by atoms with van der Waals surface area (Å²) in [5.74, 6) is 0.426. The Hall–Kier alpha value is -2.19. The second-order valence-corrected chi connectivity index (χ2v) is 3.75. The van der Waals surface area contributed by atoms with E-state index in [0.717, 1.165) is 0 Å². The molecule has 0 aliphatic rings. The molecule has 20 heavy (non-hydrogen) atoms. The van der Waals surface area contributed by atoms with Crippen LogP contribution in [-0.2, 0) is 19.5 Å². The van der Waals surface area contributed by atoms with Crippen molar-refractivity contribution in [3.63, 3.8) is 0 Å². The maximum Gasteiger partial charge on any atom is 1.00 e. The zero-order valence-electron chi connectivity index (χ0n) is 10.8. The standard InChI is InChI=1S/C13H12N4O2.Ru/c1-8-16-11(7-14)13(19-8)17-10-5-3-9(4-6-10)12(18)15-2;/h3-6H,1-2H3,(H2,15,17,18);/q;+1/p-1. The monoisotopic (exact) mass is 357 g/mol. The molecule has 1 amide bonds. The van der Waals surface area contributed by atoms with Gasteiger partial charge in [0.25, 0.3) is 0 Å². The van der Waals surface area contributed by atoms with Crippen LogP contribution in [0, 0.1) is 18.3 Å². The third kappa shape index (κ3) is 3.43. The third-order valence-corrected chi connectivity index (χ3v) is 2.43. The fourth-order valence-corrected chi connectivity index (χ4v) is 1.54. The Kier molecular flexibility index (Phi) is 5.42. The Labute approximate surface area is 128 Å². The van der Waals surface area contributed by atoms with Gasteiger partial charge < -0.3 is 19.8 Å². The van der Waals surface area contributed by atoms with Gasteiger partial charge in [0.05, 0.1) is 5.91 Å². The SMILES string of the molecule is C[N-]C(=O)c1ccc(Nc2oc(C)nc2C#N)cc1.[Ru+]. The molecule has 0 aliphatic carbocycles. The van der Waals surface area contributed by atoms with E-state index >= 15 is 0 Å². The molecule has 1 N–H and O–H groups in total. The summed E-state index contributed by atoms with van der Waals surface area (Å²) < 4.78 is 5.28. The number of nitriles is 1. The van der Waals surface area contributed by atoms with Crippen LogP contribution in [0.15, 0.2) is 28.7 Å². The number of hydrogen-bond acceptors (Lipinski definition) is 5. The smallest absolute Gasteiger partial charge is 0.652 e. The van der Waals surface area contributed by atoms with Crippen LogP contribution >= 0.6 is 0 Å². The number of nitrogens with zero attached hydrogens (tertiary/aromatic N) is 3. The second kappa shape index (κ2) is 6.83. The second-order valence-electron chi connectivity index (χ2n) is 3.75. The van der Waals surface area contributed by atoms with E-state index in [-0.39, 0.29) is 31.1 Å². The van der Waals surface area contributed by atoms with E-state index in [1.807, 2.05) is 6.07 Å². The van der Waals surface area contributed by atoms with Crippen LogP contribution in [0.2, 0.25) is 0 Å². The van der Waals surface area contributed by atoms with Crippen LogP contribution in [0.1, 0.15) is 21.9 Å². The molecule has 1 radical (unpaired) electrons. The van der Waals surface area contributed by atoms with Gasteiger partial charge in [-0.1, -0.05) is 12.1 Å². The van der Waals surface area contributed by atoms with Gasteiger partial charge in [0.1, 0.15) is 6.07 Å². The number of rotatable bonds is 3. The van der Waals surface area contributed by atoms with Crippen LogP contribution in [0.4, 0.5) is 11.6 Å². The number of anilines is 2. The molecule has 1 heterocycles. The van der Waals surface area contributed by atoms with Gasteiger partial charge in [0.2, 0.25) is 11.6 Å². The first-order chi connectivity index (χ1) is 9.13. The molecule has 2 aromatic rings. The number of benzene rings is 1. The molecule has 6 nitrogen and oxygen atoms in total. The van der Waals surface area contributed by atoms with Gasteiger partial charge in [0.15, 0.2) is 5.89 Å². The van der Waals surface area contributed by atoms with E-state index < -0.39 is 0 Å². The van der Waals surface area contributed by atoms with E-state index in [4.69, 9.17) is 9.68 Å². The topological polar surface area (TPSA) is 93.0 Å². The Balaban J connectivity index is 0.00000200. The van der Waals surface area contributed by atoms with Crippen LogP contribution in [0.3, 0.4) is 0 Å². The van der Waals surface area contributed by atoms with Crippen molar-refractivity contribution in [2.75, 3.05) is 12.4 Å². The summed E-state index contributed by atoms with van der Waals surface area (Å²) in [6, 6.07) is 8.64. The molecule has 0 fully saturated rings. The maximum absolute atomic E-state index is 11.3. The van der Waals surface area contributed by atoms with E-state index in [9.17, 15) is 4.79 Å². The Morgan fingerprint density at radius 2 is 2.05 bits per heavy atom. The van der Waals surface area contributed by atoms with E-state index in [1.54, 1.807) is 31.2 Å². The van der Waals surface area contributed by atoms with Gasteiger partial charge in [-0.2, -0.15) is 5.26 Å². The molecular formula is C13H11N4O2Ru. The number of oxazole rings is 1. The number of aromatic nitrogens is 1. The molecular weight excluding hydrogens is 345 g/mol. The summed E-state index contributed by atoms with van der Waals surface area (Å²) in [5.41, 5.74) is 1.39. The summed E-state index contributed by atoms with van der Waals surface area (Å²) in [7, 11) is 1.45. The zero-order valence-corrected chi connectivity index (χ0v) is 12.6. The number of hydrogen-bond donors (Lipinski definition) is 1. The van der Waals surface area contributed by atoms with Crippen LogP contribution in [0.5, 0.6) is 0 Å². The Morgan fingerprint density at radius 3 is 2.60 bits per heavy atom. The van der Waals surface area contributed by atoms with Gasteiger partial charge in [-0.15, -0.1) is 7.05 Å².